The summed E-state index contributed by atoms with van der Waals surface area (Å²) in [7, 11) is 0. The van der Waals surface area contributed by atoms with Crippen molar-refractivity contribution >= 4 is 15.9 Å². The molecule has 14 heavy (non-hydrogen) atoms. The number of benzene rings is 1. The molecule has 1 aromatic rings. The van der Waals surface area contributed by atoms with Crippen LogP contribution in [0.1, 0.15) is 24.0 Å². The monoisotopic (exact) mass is 255 g/mol. The molecule has 2 rings (SSSR count). The summed E-state index contributed by atoms with van der Waals surface area (Å²) < 4.78 is 1.13. The molecule has 0 saturated heterocycles. The molecular formula is C11H14BrNO. The second-order valence-corrected chi connectivity index (χ2v) is 5.02. The minimum Gasteiger partial charge on any atom is -0.304 e. The van der Waals surface area contributed by atoms with Crippen LogP contribution >= 0.6 is 15.9 Å². The molecule has 2 N–H and O–H groups in total. The van der Waals surface area contributed by atoms with Gasteiger partial charge in [0.2, 0.25) is 0 Å². The summed E-state index contributed by atoms with van der Waals surface area (Å²) in [6, 6.07) is 6.50. The lowest BCUT2D eigenvalue weighted by molar-refractivity contribution is 0.116. The quantitative estimate of drug-likeness (QED) is 0.844. The lowest BCUT2D eigenvalue weighted by Gasteiger charge is -2.15. The molecule has 1 aromatic carbocycles. The topological polar surface area (TPSA) is 35.2 Å². The second kappa shape index (κ2) is 3.65. The lowest BCUT2D eigenvalue weighted by Crippen LogP contribution is -2.18. The highest BCUT2D eigenvalue weighted by Gasteiger charge is 2.44. The predicted molar refractivity (Wildman–Crippen MR) is 59.9 cm³/mol. The first-order chi connectivity index (χ1) is 6.66. The molecule has 1 saturated carbocycles. The molecule has 1 aliphatic carbocycles. The number of halogens is 1. The van der Waals surface area contributed by atoms with E-state index >= 15 is 0 Å². The zero-order chi connectivity index (χ0) is 10.2. The van der Waals surface area contributed by atoms with E-state index in [9.17, 15) is 0 Å². The Morgan fingerprint density at radius 1 is 1.43 bits per heavy atom. The summed E-state index contributed by atoms with van der Waals surface area (Å²) >= 11 is 3.51. The molecule has 1 fully saturated rings. The highest BCUT2D eigenvalue weighted by atomic mass is 79.9. The Hall–Kier alpha value is -0.380. The van der Waals surface area contributed by atoms with Crippen molar-refractivity contribution < 1.29 is 4.84 Å². The van der Waals surface area contributed by atoms with Crippen molar-refractivity contribution in [3.8, 4) is 0 Å². The maximum Gasteiger partial charge on any atom is 0.0775 e. The largest absolute Gasteiger partial charge is 0.304 e. The number of rotatable bonds is 3. The average molecular weight is 256 g/mol. The van der Waals surface area contributed by atoms with Gasteiger partial charge in [-0.25, -0.2) is 5.90 Å². The van der Waals surface area contributed by atoms with Gasteiger partial charge in [0.05, 0.1) is 6.61 Å². The smallest absolute Gasteiger partial charge is 0.0775 e. The highest BCUT2D eigenvalue weighted by molar-refractivity contribution is 9.10. The van der Waals surface area contributed by atoms with Crippen LogP contribution in [-0.4, -0.2) is 6.61 Å². The summed E-state index contributed by atoms with van der Waals surface area (Å²) in [6.07, 6.45) is 2.36. The number of aryl methyl sites for hydroxylation is 1. The van der Waals surface area contributed by atoms with Gasteiger partial charge in [0.25, 0.3) is 0 Å². The van der Waals surface area contributed by atoms with E-state index in [2.05, 4.69) is 41.1 Å². The van der Waals surface area contributed by atoms with E-state index in [1.54, 1.807) is 0 Å². The average Bonchev–Trinajstić information content (AvgIpc) is 2.84. The molecule has 0 spiro atoms. The van der Waals surface area contributed by atoms with Crippen LogP contribution in [0.3, 0.4) is 0 Å². The fourth-order valence-electron chi connectivity index (χ4n) is 1.87. The molecule has 2 nitrogen and oxygen atoms in total. The number of hydrogen-bond donors (Lipinski definition) is 1. The van der Waals surface area contributed by atoms with Crippen molar-refractivity contribution in [2.45, 2.75) is 25.2 Å². The highest BCUT2D eigenvalue weighted by Crippen LogP contribution is 2.48. The zero-order valence-electron chi connectivity index (χ0n) is 8.22. The van der Waals surface area contributed by atoms with E-state index in [0.717, 1.165) is 4.47 Å². The van der Waals surface area contributed by atoms with Gasteiger partial charge in [0, 0.05) is 9.89 Å². The van der Waals surface area contributed by atoms with Crippen molar-refractivity contribution in [3.63, 3.8) is 0 Å². The van der Waals surface area contributed by atoms with Gasteiger partial charge in [-0.2, -0.15) is 0 Å². The molecule has 1 aliphatic rings. The van der Waals surface area contributed by atoms with Crippen LogP contribution < -0.4 is 5.90 Å². The second-order valence-electron chi connectivity index (χ2n) is 4.11. The van der Waals surface area contributed by atoms with Crippen molar-refractivity contribution in [2.24, 2.45) is 5.90 Å². The molecule has 0 radical (unpaired) electrons. The molecule has 3 heteroatoms. The molecule has 0 heterocycles. The van der Waals surface area contributed by atoms with E-state index < -0.39 is 0 Å². The predicted octanol–water partition coefficient (Wildman–Crippen LogP) is 2.68. The van der Waals surface area contributed by atoms with E-state index in [4.69, 9.17) is 10.7 Å². The fourth-order valence-corrected chi connectivity index (χ4v) is 2.48. The van der Waals surface area contributed by atoms with E-state index in [-0.39, 0.29) is 5.41 Å². The maximum absolute atomic E-state index is 5.16. The first kappa shape index (κ1) is 10.1. The van der Waals surface area contributed by atoms with E-state index in [0.29, 0.717) is 6.61 Å². The van der Waals surface area contributed by atoms with Gasteiger partial charge in [0.15, 0.2) is 0 Å². The van der Waals surface area contributed by atoms with Crippen LogP contribution in [0.25, 0.3) is 0 Å². The first-order valence-corrected chi connectivity index (χ1v) is 5.55. The van der Waals surface area contributed by atoms with Gasteiger partial charge < -0.3 is 4.84 Å². The van der Waals surface area contributed by atoms with E-state index in [1.165, 1.54) is 24.0 Å². The van der Waals surface area contributed by atoms with Gasteiger partial charge in [-0.3, -0.25) is 0 Å². The zero-order valence-corrected chi connectivity index (χ0v) is 9.80. The maximum atomic E-state index is 5.16. The fraction of sp³-hybridized carbons (Fsp3) is 0.455. The van der Waals surface area contributed by atoms with Crippen LogP contribution in [0.4, 0.5) is 0 Å². The third kappa shape index (κ3) is 1.85. The Balaban J connectivity index is 2.32. The van der Waals surface area contributed by atoms with Crippen LogP contribution in [0, 0.1) is 6.92 Å². The normalized spacial score (nSPS) is 18.2. The van der Waals surface area contributed by atoms with Crippen molar-refractivity contribution in [3.05, 3.63) is 33.8 Å². The van der Waals surface area contributed by atoms with Gasteiger partial charge in [-0.05, 0) is 43.0 Å². The summed E-state index contributed by atoms with van der Waals surface area (Å²) in [5, 5.41) is 0. The standard InChI is InChI=1S/C11H14BrNO/c1-8-4-9(6-10(12)5-8)11(2-3-11)7-14-13/h4-6H,2-3,7,13H2,1H3. The van der Waals surface area contributed by atoms with Gasteiger partial charge in [-0.15, -0.1) is 0 Å². The molecule has 0 bridgehead atoms. The van der Waals surface area contributed by atoms with Crippen molar-refractivity contribution in [2.75, 3.05) is 6.61 Å². The minimum absolute atomic E-state index is 0.198. The van der Waals surface area contributed by atoms with E-state index in [1.807, 2.05) is 0 Å². The number of hydrogen-bond acceptors (Lipinski definition) is 2. The Kier molecular flexibility index (Phi) is 2.64. The molecule has 0 unspecified atom stereocenters. The third-order valence-corrected chi connectivity index (χ3v) is 3.33. The molecular weight excluding hydrogens is 242 g/mol. The Morgan fingerprint density at radius 2 is 2.14 bits per heavy atom. The van der Waals surface area contributed by atoms with Gasteiger partial charge in [-0.1, -0.05) is 22.0 Å². The summed E-state index contributed by atoms with van der Waals surface area (Å²) in [5.74, 6) is 5.16. The third-order valence-electron chi connectivity index (χ3n) is 2.87. The first-order valence-electron chi connectivity index (χ1n) is 4.76. The Bertz CT molecular complexity index is 327. The van der Waals surface area contributed by atoms with Gasteiger partial charge >= 0.3 is 0 Å². The Morgan fingerprint density at radius 3 is 2.64 bits per heavy atom. The van der Waals surface area contributed by atoms with Crippen LogP contribution in [0.2, 0.25) is 0 Å². The molecule has 76 valence electrons. The lowest BCUT2D eigenvalue weighted by atomic mass is 9.95. The molecule has 0 atom stereocenters. The minimum atomic E-state index is 0.198. The van der Waals surface area contributed by atoms with Crippen LogP contribution in [0.5, 0.6) is 0 Å². The van der Waals surface area contributed by atoms with Crippen molar-refractivity contribution in [1.82, 2.24) is 0 Å². The van der Waals surface area contributed by atoms with Crippen molar-refractivity contribution in [1.29, 1.82) is 0 Å². The SMILES string of the molecule is Cc1cc(Br)cc(C2(CON)CC2)c1. The van der Waals surface area contributed by atoms with Gasteiger partial charge in [0.1, 0.15) is 0 Å². The number of nitrogens with two attached hydrogens (primary N) is 1. The Labute approximate surface area is 92.5 Å². The molecule has 0 aliphatic heterocycles. The summed E-state index contributed by atoms with van der Waals surface area (Å²) in [5.41, 5.74) is 2.82. The summed E-state index contributed by atoms with van der Waals surface area (Å²) in [6.45, 7) is 2.73. The van der Waals surface area contributed by atoms with Crippen LogP contribution in [-0.2, 0) is 10.3 Å². The molecule has 0 amide bonds. The summed E-state index contributed by atoms with van der Waals surface area (Å²) in [4.78, 5) is 4.79. The molecule has 0 aromatic heterocycles. The van der Waals surface area contributed by atoms with Crippen LogP contribution in [0.15, 0.2) is 22.7 Å².